The number of hydrogen-bond acceptors (Lipinski definition) is 7. The van der Waals surface area contributed by atoms with Gasteiger partial charge >= 0.3 is 0 Å². The van der Waals surface area contributed by atoms with Crippen molar-refractivity contribution in [1.82, 2.24) is 15.2 Å². The summed E-state index contributed by atoms with van der Waals surface area (Å²) in [5.41, 5.74) is 1.96. The summed E-state index contributed by atoms with van der Waals surface area (Å²) in [5, 5.41) is 8.99. The van der Waals surface area contributed by atoms with Gasteiger partial charge in [-0.1, -0.05) is 36.9 Å². The van der Waals surface area contributed by atoms with E-state index in [4.69, 9.17) is 9.15 Å². The van der Waals surface area contributed by atoms with Crippen molar-refractivity contribution < 1.29 is 13.9 Å². The molecule has 7 nitrogen and oxygen atoms in total. The first-order valence-corrected chi connectivity index (χ1v) is 10.3. The lowest BCUT2D eigenvalue weighted by Gasteiger charge is -2.29. The molecule has 0 spiro atoms. The summed E-state index contributed by atoms with van der Waals surface area (Å²) >= 11 is 1.38. The van der Waals surface area contributed by atoms with Gasteiger partial charge in [0.05, 0.1) is 5.69 Å². The van der Waals surface area contributed by atoms with Crippen LogP contribution in [0.2, 0.25) is 0 Å². The zero-order chi connectivity index (χ0) is 19.7. The molecule has 0 bridgehead atoms. The van der Waals surface area contributed by atoms with Crippen molar-refractivity contribution in [3.63, 3.8) is 0 Å². The number of thioether (sulfide) groups is 1. The Hall–Kier alpha value is -2.87. The van der Waals surface area contributed by atoms with Crippen LogP contribution in [-0.2, 0) is 4.79 Å². The van der Waals surface area contributed by atoms with Crippen molar-refractivity contribution in [2.24, 2.45) is 0 Å². The van der Waals surface area contributed by atoms with E-state index in [1.54, 1.807) is 4.90 Å². The Morgan fingerprint density at radius 2 is 2.04 bits per heavy atom. The first-order chi connectivity index (χ1) is 13.6. The maximum Gasteiger partial charge on any atom is 0.247 e. The van der Waals surface area contributed by atoms with Gasteiger partial charge in [-0.25, -0.2) is 0 Å². The third-order valence-electron chi connectivity index (χ3n) is 4.43. The van der Waals surface area contributed by atoms with Crippen molar-refractivity contribution in [1.29, 1.82) is 0 Å². The number of hydrogen-bond donors (Lipinski definition) is 0. The predicted molar refractivity (Wildman–Crippen MR) is 106 cm³/mol. The van der Waals surface area contributed by atoms with Gasteiger partial charge in [-0.15, -0.1) is 10.2 Å². The molecule has 1 aliphatic rings. The Morgan fingerprint density at radius 1 is 1.21 bits per heavy atom. The van der Waals surface area contributed by atoms with Gasteiger partial charge in [0, 0.05) is 12.0 Å². The van der Waals surface area contributed by atoms with Crippen LogP contribution < -0.4 is 9.64 Å². The summed E-state index contributed by atoms with van der Waals surface area (Å²) < 4.78 is 12.1. The average Bonchev–Trinajstić information content (AvgIpc) is 3.08. The monoisotopic (exact) mass is 396 g/mol. The van der Waals surface area contributed by atoms with Crippen LogP contribution >= 0.6 is 11.8 Å². The van der Waals surface area contributed by atoms with Gasteiger partial charge in [0.1, 0.15) is 5.76 Å². The highest BCUT2D eigenvalue weighted by Gasteiger charge is 2.37. The molecule has 3 aromatic rings. The van der Waals surface area contributed by atoms with Crippen LogP contribution in [0.4, 0.5) is 5.69 Å². The molecule has 1 aromatic carbocycles. The van der Waals surface area contributed by atoms with E-state index >= 15 is 0 Å². The minimum Gasteiger partial charge on any atom is -0.460 e. The molecule has 0 saturated carbocycles. The van der Waals surface area contributed by atoms with Crippen molar-refractivity contribution in [2.45, 2.75) is 38.1 Å². The number of para-hydroxylation sites is 1. The fourth-order valence-electron chi connectivity index (χ4n) is 3.18. The van der Waals surface area contributed by atoms with E-state index in [0.29, 0.717) is 34.6 Å². The fraction of sp³-hybridized carbons (Fsp3) is 0.300. The van der Waals surface area contributed by atoms with E-state index in [0.717, 1.165) is 17.7 Å². The molecule has 28 heavy (non-hydrogen) atoms. The third-order valence-corrected chi connectivity index (χ3v) is 4.97. The van der Waals surface area contributed by atoms with E-state index in [1.807, 2.05) is 56.5 Å². The molecule has 1 aliphatic heterocycles. The highest BCUT2D eigenvalue weighted by molar-refractivity contribution is 7.98. The number of rotatable bonds is 4. The quantitative estimate of drug-likeness (QED) is 0.605. The number of aryl methyl sites for hydroxylation is 1. The first kappa shape index (κ1) is 18.5. The molecular formula is C20H20N4O3S. The van der Waals surface area contributed by atoms with Gasteiger partial charge in [0.2, 0.25) is 23.2 Å². The van der Waals surface area contributed by atoms with Crippen LogP contribution in [0.15, 0.2) is 46.0 Å². The average molecular weight is 396 g/mol. The van der Waals surface area contributed by atoms with Crippen molar-refractivity contribution in [3.05, 3.63) is 47.9 Å². The zero-order valence-electron chi connectivity index (χ0n) is 15.9. The molecule has 0 fully saturated rings. The molecule has 0 aliphatic carbocycles. The summed E-state index contributed by atoms with van der Waals surface area (Å²) in [7, 11) is 0. The smallest absolute Gasteiger partial charge is 0.247 e. The number of carbonyl (C=O) groups excluding carboxylic acids is 1. The van der Waals surface area contributed by atoms with E-state index in [9.17, 15) is 4.79 Å². The predicted octanol–water partition coefficient (Wildman–Crippen LogP) is 4.39. The summed E-state index contributed by atoms with van der Waals surface area (Å²) in [5.74, 6) is 1.55. The van der Waals surface area contributed by atoms with Gasteiger partial charge in [-0.05, 0) is 37.8 Å². The number of furan rings is 1. The van der Waals surface area contributed by atoms with Gasteiger partial charge in [0.15, 0.2) is 11.5 Å². The van der Waals surface area contributed by atoms with Gasteiger partial charge in [0.25, 0.3) is 0 Å². The Morgan fingerprint density at radius 3 is 2.75 bits per heavy atom. The molecule has 0 N–H and O–H groups in total. The molecule has 0 unspecified atom stereocenters. The lowest BCUT2D eigenvalue weighted by Crippen LogP contribution is -2.37. The molecule has 8 heteroatoms. The second-order valence-electron chi connectivity index (χ2n) is 6.40. The number of carbonyl (C=O) groups is 1. The Balaban J connectivity index is 1.95. The number of fused-ring (bicyclic) bond motifs is 3. The number of ether oxygens (including phenoxy) is 1. The molecule has 4 rings (SSSR count). The Bertz CT molecular complexity index is 1020. The molecule has 1 atom stereocenters. The maximum atomic E-state index is 13.1. The SMILES string of the molecule is CCCC(=O)N1c2ccccc2-c2nnc(SC)nc2O[C@H]1c1ccc(C)o1. The lowest BCUT2D eigenvalue weighted by molar-refractivity contribution is -0.120. The molecule has 1 amide bonds. The summed E-state index contributed by atoms with van der Waals surface area (Å²) in [6, 6.07) is 11.2. The topological polar surface area (TPSA) is 81.4 Å². The van der Waals surface area contributed by atoms with Gasteiger partial charge in [-0.2, -0.15) is 4.98 Å². The number of benzene rings is 1. The van der Waals surface area contributed by atoms with Crippen LogP contribution in [0.25, 0.3) is 11.3 Å². The standard InChI is InChI=1S/C20H20N4O3S/c1-4-7-16(25)24-14-9-6-5-8-13(14)17-18(21-20(28-3)23-22-17)27-19(24)15-11-10-12(2)26-15/h5-6,8-11,19H,4,7H2,1-3H3/t19-/m0/s1. The maximum absolute atomic E-state index is 13.1. The molecule has 0 radical (unpaired) electrons. The fourth-order valence-corrected chi connectivity index (χ4v) is 3.47. The molecule has 0 saturated heterocycles. The summed E-state index contributed by atoms with van der Waals surface area (Å²) in [6.45, 7) is 3.83. The largest absolute Gasteiger partial charge is 0.460 e. The van der Waals surface area contributed by atoms with Crippen molar-refractivity contribution in [3.8, 4) is 17.1 Å². The number of anilines is 1. The van der Waals surface area contributed by atoms with Gasteiger partial charge < -0.3 is 9.15 Å². The zero-order valence-corrected chi connectivity index (χ0v) is 16.7. The second-order valence-corrected chi connectivity index (χ2v) is 7.18. The number of amides is 1. The normalized spacial score (nSPS) is 15.4. The molecule has 3 heterocycles. The summed E-state index contributed by atoms with van der Waals surface area (Å²) in [4.78, 5) is 19.3. The van der Waals surface area contributed by atoms with Crippen molar-refractivity contribution >= 4 is 23.4 Å². The minimum absolute atomic E-state index is 0.0557. The number of aromatic nitrogens is 3. The van der Waals surface area contributed by atoms with Crippen LogP contribution in [0.3, 0.4) is 0 Å². The highest BCUT2D eigenvalue weighted by atomic mass is 32.2. The van der Waals surface area contributed by atoms with E-state index < -0.39 is 6.23 Å². The number of nitrogens with zero attached hydrogens (tertiary/aromatic N) is 4. The minimum atomic E-state index is -0.776. The third kappa shape index (κ3) is 3.24. The van der Waals surface area contributed by atoms with Gasteiger partial charge in [-0.3, -0.25) is 9.69 Å². The van der Waals surface area contributed by atoms with Crippen molar-refractivity contribution in [2.75, 3.05) is 11.2 Å². The Labute approximate surface area is 167 Å². The molecule has 144 valence electrons. The van der Waals surface area contributed by atoms with Crippen LogP contribution in [0, 0.1) is 6.92 Å². The van der Waals surface area contributed by atoms with E-state index in [1.165, 1.54) is 11.8 Å². The van der Waals surface area contributed by atoms with E-state index in [-0.39, 0.29) is 5.91 Å². The van der Waals surface area contributed by atoms with Crippen LogP contribution in [-0.4, -0.2) is 27.3 Å². The molecule has 2 aromatic heterocycles. The lowest BCUT2D eigenvalue weighted by atomic mass is 10.1. The Kier molecular flexibility index (Phi) is 5.04. The molecular weight excluding hydrogens is 376 g/mol. The van der Waals surface area contributed by atoms with Crippen LogP contribution in [0.5, 0.6) is 5.88 Å². The van der Waals surface area contributed by atoms with Crippen LogP contribution in [0.1, 0.15) is 37.5 Å². The highest BCUT2D eigenvalue weighted by Crippen LogP contribution is 2.43. The first-order valence-electron chi connectivity index (χ1n) is 9.05. The summed E-state index contributed by atoms with van der Waals surface area (Å²) in [6.07, 6.45) is 2.21. The second kappa shape index (κ2) is 7.63. The van der Waals surface area contributed by atoms with E-state index in [2.05, 4.69) is 15.2 Å².